The van der Waals surface area contributed by atoms with E-state index in [-0.39, 0.29) is 0 Å². The number of guanidine groups is 1. The van der Waals surface area contributed by atoms with E-state index in [4.69, 9.17) is 4.74 Å². The Hall–Kier alpha value is -2.50. The van der Waals surface area contributed by atoms with Crippen LogP contribution in [0.15, 0.2) is 47.7 Å². The SMILES string of the molecule is CN=C(NCC(C)Cn1cccn1)N(C)Cc1ccc(OC)cc1. The third-order valence-electron chi connectivity index (χ3n) is 3.82. The number of aliphatic imine (C=N–C) groups is 1. The predicted molar refractivity (Wildman–Crippen MR) is 97.2 cm³/mol. The Morgan fingerprint density at radius 1 is 1.38 bits per heavy atom. The molecule has 6 heteroatoms. The molecular formula is C18H27N5O. The van der Waals surface area contributed by atoms with Crippen molar-refractivity contribution in [2.24, 2.45) is 10.9 Å². The maximum atomic E-state index is 5.19. The fourth-order valence-electron chi connectivity index (χ4n) is 2.52. The van der Waals surface area contributed by atoms with Crippen LogP contribution >= 0.6 is 0 Å². The number of methoxy groups -OCH3 is 1. The van der Waals surface area contributed by atoms with Crippen molar-refractivity contribution in [3.8, 4) is 5.75 Å². The first kappa shape index (κ1) is 17.8. The van der Waals surface area contributed by atoms with E-state index in [2.05, 4.69) is 39.4 Å². The summed E-state index contributed by atoms with van der Waals surface area (Å²) in [5, 5.41) is 7.68. The topological polar surface area (TPSA) is 54.7 Å². The second kappa shape index (κ2) is 8.96. The molecule has 1 aromatic heterocycles. The van der Waals surface area contributed by atoms with Crippen molar-refractivity contribution in [3.63, 3.8) is 0 Å². The third-order valence-corrected chi connectivity index (χ3v) is 3.82. The highest BCUT2D eigenvalue weighted by Crippen LogP contribution is 2.12. The van der Waals surface area contributed by atoms with Crippen LogP contribution in [-0.4, -0.2) is 48.4 Å². The van der Waals surface area contributed by atoms with Gasteiger partial charge in [0.15, 0.2) is 5.96 Å². The van der Waals surface area contributed by atoms with E-state index >= 15 is 0 Å². The monoisotopic (exact) mass is 329 g/mol. The van der Waals surface area contributed by atoms with Gasteiger partial charge in [-0.3, -0.25) is 9.67 Å². The summed E-state index contributed by atoms with van der Waals surface area (Å²) in [6.07, 6.45) is 3.79. The van der Waals surface area contributed by atoms with Crippen LogP contribution in [0, 0.1) is 5.92 Å². The lowest BCUT2D eigenvalue weighted by Crippen LogP contribution is -2.40. The fourth-order valence-corrected chi connectivity index (χ4v) is 2.52. The van der Waals surface area contributed by atoms with Crippen LogP contribution in [0.3, 0.4) is 0 Å². The molecule has 0 fully saturated rings. The van der Waals surface area contributed by atoms with Crippen molar-refractivity contribution >= 4 is 5.96 Å². The Morgan fingerprint density at radius 2 is 2.12 bits per heavy atom. The first-order chi connectivity index (χ1) is 11.6. The average molecular weight is 329 g/mol. The molecule has 2 aromatic rings. The Bertz CT molecular complexity index is 621. The summed E-state index contributed by atoms with van der Waals surface area (Å²) in [5.74, 6) is 2.21. The second-order valence-electron chi connectivity index (χ2n) is 5.97. The number of nitrogens with one attached hydrogen (secondary N) is 1. The Balaban J connectivity index is 1.83. The molecule has 1 unspecified atom stereocenters. The number of hydrogen-bond acceptors (Lipinski definition) is 3. The molecule has 130 valence electrons. The highest BCUT2D eigenvalue weighted by molar-refractivity contribution is 5.79. The molecule has 0 radical (unpaired) electrons. The second-order valence-corrected chi connectivity index (χ2v) is 5.97. The first-order valence-corrected chi connectivity index (χ1v) is 8.14. The summed E-state index contributed by atoms with van der Waals surface area (Å²) in [5.41, 5.74) is 1.21. The molecule has 1 aromatic carbocycles. The molecule has 2 rings (SSSR count). The minimum atomic E-state index is 0.455. The van der Waals surface area contributed by atoms with Gasteiger partial charge in [0.1, 0.15) is 5.75 Å². The van der Waals surface area contributed by atoms with E-state index in [1.807, 2.05) is 49.4 Å². The summed E-state index contributed by atoms with van der Waals surface area (Å²) < 4.78 is 7.15. The van der Waals surface area contributed by atoms with E-state index in [1.165, 1.54) is 5.56 Å². The van der Waals surface area contributed by atoms with E-state index in [9.17, 15) is 0 Å². The van der Waals surface area contributed by atoms with E-state index < -0.39 is 0 Å². The van der Waals surface area contributed by atoms with Crippen LogP contribution in [0.5, 0.6) is 5.75 Å². The molecule has 0 spiro atoms. The molecule has 0 amide bonds. The van der Waals surface area contributed by atoms with Crippen molar-refractivity contribution in [2.45, 2.75) is 20.0 Å². The minimum absolute atomic E-state index is 0.455. The van der Waals surface area contributed by atoms with Crippen molar-refractivity contribution in [1.82, 2.24) is 20.0 Å². The number of aromatic nitrogens is 2. The normalized spacial score (nSPS) is 12.8. The van der Waals surface area contributed by atoms with E-state index in [0.29, 0.717) is 5.92 Å². The van der Waals surface area contributed by atoms with Crippen LogP contribution in [0.4, 0.5) is 0 Å². The van der Waals surface area contributed by atoms with Crippen molar-refractivity contribution in [2.75, 3.05) is 27.7 Å². The van der Waals surface area contributed by atoms with Crippen LogP contribution in [0.25, 0.3) is 0 Å². The van der Waals surface area contributed by atoms with Gasteiger partial charge in [-0.15, -0.1) is 0 Å². The molecular weight excluding hydrogens is 302 g/mol. The summed E-state index contributed by atoms with van der Waals surface area (Å²) in [7, 11) is 5.53. The predicted octanol–water partition coefficient (Wildman–Crippen LogP) is 2.24. The molecule has 0 saturated heterocycles. The molecule has 24 heavy (non-hydrogen) atoms. The van der Waals surface area contributed by atoms with Gasteiger partial charge >= 0.3 is 0 Å². The van der Waals surface area contributed by atoms with Gasteiger partial charge in [0.05, 0.1) is 7.11 Å². The highest BCUT2D eigenvalue weighted by Gasteiger charge is 2.09. The third kappa shape index (κ3) is 5.30. The van der Waals surface area contributed by atoms with Gasteiger partial charge in [0.25, 0.3) is 0 Å². The molecule has 1 N–H and O–H groups in total. The van der Waals surface area contributed by atoms with Crippen molar-refractivity contribution < 1.29 is 4.74 Å². The lowest BCUT2D eigenvalue weighted by Gasteiger charge is -2.23. The maximum Gasteiger partial charge on any atom is 0.193 e. The van der Waals surface area contributed by atoms with Crippen molar-refractivity contribution in [3.05, 3.63) is 48.3 Å². The number of rotatable bonds is 7. The molecule has 0 aliphatic rings. The average Bonchev–Trinajstić information content (AvgIpc) is 3.09. The lowest BCUT2D eigenvalue weighted by molar-refractivity contribution is 0.413. The van der Waals surface area contributed by atoms with Crippen LogP contribution in [-0.2, 0) is 13.1 Å². The lowest BCUT2D eigenvalue weighted by atomic mass is 10.2. The smallest absolute Gasteiger partial charge is 0.193 e. The maximum absolute atomic E-state index is 5.19. The molecule has 0 aliphatic heterocycles. The summed E-state index contributed by atoms with van der Waals surface area (Å²) >= 11 is 0. The largest absolute Gasteiger partial charge is 0.497 e. The van der Waals surface area contributed by atoms with Crippen molar-refractivity contribution in [1.29, 1.82) is 0 Å². The first-order valence-electron chi connectivity index (χ1n) is 8.14. The molecule has 1 atom stereocenters. The molecule has 0 saturated carbocycles. The van der Waals surface area contributed by atoms with Crippen LogP contribution < -0.4 is 10.1 Å². The quantitative estimate of drug-likeness (QED) is 0.625. The Labute approximate surface area is 144 Å². The number of nitrogens with zero attached hydrogens (tertiary/aromatic N) is 4. The molecule has 1 heterocycles. The number of benzene rings is 1. The molecule has 0 bridgehead atoms. The van der Waals surface area contributed by atoms with Crippen LogP contribution in [0.1, 0.15) is 12.5 Å². The minimum Gasteiger partial charge on any atom is -0.497 e. The van der Waals surface area contributed by atoms with Crippen LogP contribution in [0.2, 0.25) is 0 Å². The Morgan fingerprint density at radius 3 is 2.71 bits per heavy atom. The number of ether oxygens (including phenoxy) is 1. The van der Waals surface area contributed by atoms with E-state index in [1.54, 1.807) is 7.11 Å². The zero-order valence-electron chi connectivity index (χ0n) is 14.9. The summed E-state index contributed by atoms with van der Waals surface area (Å²) in [6, 6.07) is 10.0. The zero-order chi connectivity index (χ0) is 17.4. The van der Waals surface area contributed by atoms with E-state index in [0.717, 1.165) is 31.3 Å². The standard InChI is InChI=1S/C18H27N5O/c1-15(13-23-11-5-10-21-23)12-20-18(19-2)22(3)14-16-6-8-17(24-4)9-7-16/h5-11,15H,12-14H2,1-4H3,(H,19,20). The summed E-state index contributed by atoms with van der Waals surface area (Å²) in [6.45, 7) is 4.72. The molecule has 0 aliphatic carbocycles. The van der Waals surface area contributed by atoms with Gasteiger partial charge in [0.2, 0.25) is 0 Å². The van der Waals surface area contributed by atoms with Gasteiger partial charge in [-0.05, 0) is 29.7 Å². The molecule has 6 nitrogen and oxygen atoms in total. The van der Waals surface area contributed by atoms with Gasteiger partial charge < -0.3 is 15.0 Å². The van der Waals surface area contributed by atoms with Gasteiger partial charge in [-0.1, -0.05) is 19.1 Å². The van der Waals surface area contributed by atoms with Gasteiger partial charge in [0, 0.05) is 46.1 Å². The zero-order valence-corrected chi connectivity index (χ0v) is 14.9. The van der Waals surface area contributed by atoms with Gasteiger partial charge in [-0.2, -0.15) is 5.10 Å². The highest BCUT2D eigenvalue weighted by atomic mass is 16.5. The Kier molecular flexibility index (Phi) is 6.66. The number of hydrogen-bond donors (Lipinski definition) is 1. The summed E-state index contributed by atoms with van der Waals surface area (Å²) in [4.78, 5) is 6.48. The fraction of sp³-hybridized carbons (Fsp3) is 0.444. The van der Waals surface area contributed by atoms with Gasteiger partial charge in [-0.25, -0.2) is 0 Å².